The Balaban J connectivity index is 3.27. The summed E-state index contributed by atoms with van der Waals surface area (Å²) in [7, 11) is -3.84. The molecule has 0 aliphatic heterocycles. The highest BCUT2D eigenvalue weighted by Crippen LogP contribution is 2.20. The number of hydrogen-bond donors (Lipinski definition) is 2. The average molecular weight is 204 g/mol. The zero-order chi connectivity index (χ0) is 10.1. The first-order valence-electron chi connectivity index (χ1n) is 3.41. The number of nitrogens with two attached hydrogens (primary N) is 2. The predicted octanol–water partition coefficient (Wildman–Crippen LogP) is 0.552. The first-order chi connectivity index (χ1) is 5.97. The lowest BCUT2D eigenvalue weighted by Crippen LogP contribution is -2.04. The first-order valence-corrected chi connectivity index (χ1v) is 5.06. The van der Waals surface area contributed by atoms with Crippen molar-refractivity contribution < 1.29 is 12.8 Å². The molecule has 0 unspecified atom stereocenters. The number of hydrogen-bond acceptors (Lipinski definition) is 4. The molecule has 0 aromatic heterocycles. The third kappa shape index (κ3) is 1.89. The summed E-state index contributed by atoms with van der Waals surface area (Å²) in [4.78, 5) is -0.151. The largest absolute Gasteiger partial charge is 0.397 e. The van der Waals surface area contributed by atoms with Gasteiger partial charge in [0.25, 0.3) is 0 Å². The van der Waals surface area contributed by atoms with Gasteiger partial charge in [-0.25, -0.2) is 12.8 Å². The molecule has 0 fully saturated rings. The highest BCUT2D eigenvalue weighted by atomic mass is 32.2. The van der Waals surface area contributed by atoms with Crippen molar-refractivity contribution in [1.29, 1.82) is 0 Å². The van der Waals surface area contributed by atoms with Crippen molar-refractivity contribution in [2.24, 2.45) is 0 Å². The maximum Gasteiger partial charge on any atom is 0.207 e. The van der Waals surface area contributed by atoms with Gasteiger partial charge in [0.15, 0.2) is 6.01 Å². The van der Waals surface area contributed by atoms with Crippen LogP contribution in [0.1, 0.15) is 0 Å². The van der Waals surface area contributed by atoms with Crippen molar-refractivity contribution in [1.82, 2.24) is 0 Å². The molecule has 0 saturated carbocycles. The van der Waals surface area contributed by atoms with E-state index in [0.29, 0.717) is 0 Å². The third-order valence-electron chi connectivity index (χ3n) is 1.56. The van der Waals surface area contributed by atoms with E-state index in [1.807, 2.05) is 0 Å². The Hall–Kier alpha value is -1.30. The SMILES string of the molecule is Nc1ccc(S(=O)(=O)CF)cc1N. The van der Waals surface area contributed by atoms with Gasteiger partial charge in [-0.3, -0.25) is 0 Å². The molecule has 4 nitrogen and oxygen atoms in total. The lowest BCUT2D eigenvalue weighted by atomic mass is 10.3. The van der Waals surface area contributed by atoms with Gasteiger partial charge in [0.2, 0.25) is 9.84 Å². The summed E-state index contributed by atoms with van der Waals surface area (Å²) < 4.78 is 34.0. The van der Waals surface area contributed by atoms with E-state index in [0.717, 1.165) is 6.07 Å². The Bertz CT molecular complexity index is 417. The Morgan fingerprint density at radius 2 is 1.85 bits per heavy atom. The number of benzene rings is 1. The molecule has 0 aliphatic rings. The molecule has 1 aromatic carbocycles. The number of alkyl halides is 1. The van der Waals surface area contributed by atoms with Crippen LogP contribution in [0.2, 0.25) is 0 Å². The molecular formula is C7H9FN2O2S. The molecule has 1 rings (SSSR count). The van der Waals surface area contributed by atoms with Gasteiger partial charge in [-0.15, -0.1) is 0 Å². The van der Waals surface area contributed by atoms with Crippen LogP contribution in [0.4, 0.5) is 15.8 Å². The number of nitrogen functional groups attached to an aromatic ring is 2. The van der Waals surface area contributed by atoms with Gasteiger partial charge in [0.05, 0.1) is 16.3 Å². The van der Waals surface area contributed by atoms with Crippen LogP contribution in [0.3, 0.4) is 0 Å². The monoisotopic (exact) mass is 204 g/mol. The van der Waals surface area contributed by atoms with E-state index in [4.69, 9.17) is 11.5 Å². The van der Waals surface area contributed by atoms with Gasteiger partial charge < -0.3 is 11.5 Å². The maximum absolute atomic E-state index is 12.0. The predicted molar refractivity (Wildman–Crippen MR) is 48.4 cm³/mol. The van der Waals surface area contributed by atoms with Crippen molar-refractivity contribution in [3.8, 4) is 0 Å². The molecule has 0 amide bonds. The van der Waals surface area contributed by atoms with Crippen molar-refractivity contribution in [2.45, 2.75) is 4.90 Å². The second-order valence-corrected chi connectivity index (χ2v) is 4.43. The van der Waals surface area contributed by atoms with E-state index in [9.17, 15) is 12.8 Å². The molecule has 4 N–H and O–H groups in total. The Morgan fingerprint density at radius 1 is 1.23 bits per heavy atom. The van der Waals surface area contributed by atoms with Crippen LogP contribution in [-0.2, 0) is 9.84 Å². The molecule has 0 spiro atoms. The minimum Gasteiger partial charge on any atom is -0.397 e. The van der Waals surface area contributed by atoms with Gasteiger partial charge >= 0.3 is 0 Å². The zero-order valence-electron chi connectivity index (χ0n) is 6.70. The summed E-state index contributed by atoms with van der Waals surface area (Å²) in [5.74, 6) is 0. The summed E-state index contributed by atoms with van der Waals surface area (Å²) >= 11 is 0. The van der Waals surface area contributed by atoms with Crippen LogP contribution in [0.25, 0.3) is 0 Å². The van der Waals surface area contributed by atoms with Crippen molar-refractivity contribution in [3.63, 3.8) is 0 Å². The van der Waals surface area contributed by atoms with Gasteiger partial charge in [0, 0.05) is 0 Å². The van der Waals surface area contributed by atoms with E-state index in [2.05, 4.69) is 0 Å². The van der Waals surface area contributed by atoms with E-state index in [1.165, 1.54) is 12.1 Å². The number of halogens is 1. The Morgan fingerprint density at radius 3 is 2.31 bits per heavy atom. The van der Waals surface area contributed by atoms with E-state index in [-0.39, 0.29) is 16.3 Å². The van der Waals surface area contributed by atoms with E-state index < -0.39 is 15.8 Å². The number of sulfone groups is 1. The molecule has 0 radical (unpaired) electrons. The second kappa shape index (κ2) is 3.21. The molecule has 72 valence electrons. The van der Waals surface area contributed by atoms with Crippen LogP contribution < -0.4 is 11.5 Å². The van der Waals surface area contributed by atoms with Gasteiger partial charge in [-0.1, -0.05) is 0 Å². The van der Waals surface area contributed by atoms with E-state index >= 15 is 0 Å². The molecule has 0 atom stereocenters. The summed E-state index contributed by atoms with van der Waals surface area (Å²) in [6.07, 6.45) is 0. The van der Waals surface area contributed by atoms with Crippen molar-refractivity contribution in [2.75, 3.05) is 17.5 Å². The smallest absolute Gasteiger partial charge is 0.207 e. The maximum atomic E-state index is 12.0. The first kappa shape index (κ1) is 9.79. The summed E-state index contributed by atoms with van der Waals surface area (Å²) in [5.41, 5.74) is 11.1. The highest BCUT2D eigenvalue weighted by molar-refractivity contribution is 7.91. The molecule has 1 aromatic rings. The van der Waals surface area contributed by atoms with Crippen molar-refractivity contribution in [3.05, 3.63) is 18.2 Å². The number of rotatable bonds is 2. The molecular weight excluding hydrogens is 195 g/mol. The number of anilines is 2. The minimum atomic E-state index is -3.84. The lowest BCUT2D eigenvalue weighted by Gasteiger charge is -2.03. The van der Waals surface area contributed by atoms with Crippen LogP contribution in [0.5, 0.6) is 0 Å². The standard InChI is InChI=1S/C7H9FN2O2S/c8-4-13(11,12)5-1-2-6(9)7(10)3-5/h1-3H,4,9-10H2. The average Bonchev–Trinajstić information content (AvgIpc) is 2.09. The van der Waals surface area contributed by atoms with Gasteiger partial charge in [-0.2, -0.15) is 0 Å². The molecule has 0 heterocycles. The van der Waals surface area contributed by atoms with Crippen LogP contribution in [0.15, 0.2) is 23.1 Å². The van der Waals surface area contributed by atoms with Crippen LogP contribution in [-0.4, -0.2) is 14.4 Å². The van der Waals surface area contributed by atoms with E-state index in [1.54, 1.807) is 0 Å². The fourth-order valence-corrected chi connectivity index (χ4v) is 1.52. The van der Waals surface area contributed by atoms with Crippen LogP contribution >= 0.6 is 0 Å². The molecule has 0 saturated heterocycles. The quantitative estimate of drug-likeness (QED) is 0.689. The van der Waals surface area contributed by atoms with Crippen molar-refractivity contribution >= 4 is 21.2 Å². The molecule has 0 bridgehead atoms. The topological polar surface area (TPSA) is 86.2 Å². The fraction of sp³-hybridized carbons (Fsp3) is 0.143. The molecule has 6 heteroatoms. The third-order valence-corrected chi connectivity index (χ3v) is 2.82. The summed E-state index contributed by atoms with van der Waals surface area (Å²) in [6, 6.07) is 2.26. The minimum absolute atomic E-state index is 0.134. The summed E-state index contributed by atoms with van der Waals surface area (Å²) in [6.45, 7) is 0. The highest BCUT2D eigenvalue weighted by Gasteiger charge is 2.14. The Kier molecular flexibility index (Phi) is 2.42. The second-order valence-electron chi connectivity index (χ2n) is 2.51. The summed E-state index contributed by atoms with van der Waals surface area (Å²) in [5, 5.41) is 0. The Labute approximate surface area is 75.3 Å². The zero-order valence-corrected chi connectivity index (χ0v) is 7.51. The van der Waals surface area contributed by atoms with Crippen LogP contribution in [0, 0.1) is 0 Å². The lowest BCUT2D eigenvalue weighted by molar-refractivity contribution is 0.534. The van der Waals surface area contributed by atoms with Gasteiger partial charge in [-0.05, 0) is 18.2 Å². The normalized spacial score (nSPS) is 11.5. The van der Waals surface area contributed by atoms with Gasteiger partial charge in [0.1, 0.15) is 0 Å². The molecule has 13 heavy (non-hydrogen) atoms. The fourth-order valence-electron chi connectivity index (χ4n) is 0.809. The molecule has 0 aliphatic carbocycles.